The minimum absolute atomic E-state index is 0.240. The van der Waals surface area contributed by atoms with Crippen LogP contribution in [-0.4, -0.2) is 24.1 Å². The highest BCUT2D eigenvalue weighted by atomic mass is 15.2. The lowest BCUT2D eigenvalue weighted by Gasteiger charge is -2.32. The maximum Gasteiger partial charge on any atom is 0.101 e. The molecule has 0 unspecified atom stereocenters. The molecule has 0 radical (unpaired) electrons. The molecule has 15 heavy (non-hydrogen) atoms. The van der Waals surface area contributed by atoms with Crippen molar-refractivity contribution in [2.24, 2.45) is 5.73 Å². The van der Waals surface area contributed by atoms with E-state index in [0.29, 0.717) is 5.56 Å². The van der Waals surface area contributed by atoms with Crippen molar-refractivity contribution in [2.45, 2.75) is 18.9 Å². The first-order valence-corrected chi connectivity index (χ1v) is 5.15. The van der Waals surface area contributed by atoms with E-state index in [1.807, 2.05) is 6.07 Å². The molecule has 1 aliphatic heterocycles. The van der Waals surface area contributed by atoms with Crippen LogP contribution in [0.2, 0.25) is 0 Å². The van der Waals surface area contributed by atoms with E-state index in [9.17, 15) is 0 Å². The number of rotatable bonds is 1. The average molecular weight is 202 g/mol. The maximum absolute atomic E-state index is 8.78. The van der Waals surface area contributed by atoms with Crippen molar-refractivity contribution in [1.29, 1.82) is 5.26 Å². The molecule has 0 bridgehead atoms. The summed E-state index contributed by atoms with van der Waals surface area (Å²) in [5.74, 6) is 0. The zero-order valence-corrected chi connectivity index (χ0v) is 8.56. The molecule has 0 saturated carbocycles. The first-order valence-electron chi connectivity index (χ1n) is 5.15. The van der Waals surface area contributed by atoms with Crippen LogP contribution in [0, 0.1) is 11.3 Å². The van der Waals surface area contributed by atoms with Gasteiger partial charge in [0.1, 0.15) is 6.07 Å². The minimum atomic E-state index is 0.240. The van der Waals surface area contributed by atoms with E-state index in [1.165, 1.54) is 0 Å². The number of anilines is 1. The van der Waals surface area contributed by atoms with Gasteiger partial charge in [-0.25, -0.2) is 0 Å². The van der Waals surface area contributed by atoms with E-state index in [-0.39, 0.29) is 6.04 Å². The summed E-state index contributed by atoms with van der Waals surface area (Å²) < 4.78 is 0. The molecule has 4 nitrogen and oxygen atoms in total. The van der Waals surface area contributed by atoms with Gasteiger partial charge in [-0.05, 0) is 18.9 Å². The molecule has 2 N–H and O–H groups in total. The number of pyridine rings is 1. The highest BCUT2D eigenvalue weighted by Crippen LogP contribution is 2.18. The van der Waals surface area contributed by atoms with Gasteiger partial charge in [0.15, 0.2) is 0 Å². The fourth-order valence-electron chi connectivity index (χ4n) is 1.91. The molecule has 0 amide bonds. The lowest BCUT2D eigenvalue weighted by atomic mass is 10.1. The second-order valence-corrected chi connectivity index (χ2v) is 3.89. The average Bonchev–Trinajstić information content (AvgIpc) is 2.29. The Morgan fingerprint density at radius 1 is 1.53 bits per heavy atom. The summed E-state index contributed by atoms with van der Waals surface area (Å²) in [6.07, 6.45) is 5.56. The number of nitriles is 1. The summed E-state index contributed by atoms with van der Waals surface area (Å²) in [5.41, 5.74) is 7.51. The number of hydrogen-bond acceptors (Lipinski definition) is 4. The topological polar surface area (TPSA) is 65.9 Å². The van der Waals surface area contributed by atoms with Crippen molar-refractivity contribution in [2.75, 3.05) is 18.0 Å². The predicted octanol–water partition coefficient (Wildman–Crippen LogP) is 0.881. The normalized spacial score (nSPS) is 21.1. The van der Waals surface area contributed by atoms with Gasteiger partial charge in [-0.1, -0.05) is 0 Å². The van der Waals surface area contributed by atoms with Crippen LogP contribution in [0.3, 0.4) is 0 Å². The Balaban J connectivity index is 2.18. The van der Waals surface area contributed by atoms with Gasteiger partial charge in [-0.15, -0.1) is 0 Å². The fraction of sp³-hybridized carbons (Fsp3) is 0.455. The summed E-state index contributed by atoms with van der Waals surface area (Å²) in [4.78, 5) is 6.25. The van der Waals surface area contributed by atoms with Crippen molar-refractivity contribution in [3.63, 3.8) is 0 Å². The molecular formula is C11H14N4. The Kier molecular flexibility index (Phi) is 2.84. The molecule has 78 valence electrons. The summed E-state index contributed by atoms with van der Waals surface area (Å²) in [7, 11) is 0. The minimum Gasteiger partial charge on any atom is -0.369 e. The third-order valence-corrected chi connectivity index (χ3v) is 2.68. The molecular weight excluding hydrogens is 188 g/mol. The first-order chi connectivity index (χ1) is 7.29. The van der Waals surface area contributed by atoms with Crippen LogP contribution in [0.25, 0.3) is 0 Å². The van der Waals surface area contributed by atoms with Crippen LogP contribution < -0.4 is 10.6 Å². The van der Waals surface area contributed by atoms with E-state index in [1.54, 1.807) is 12.4 Å². The summed E-state index contributed by atoms with van der Waals surface area (Å²) >= 11 is 0. The van der Waals surface area contributed by atoms with Gasteiger partial charge in [0.25, 0.3) is 0 Å². The molecule has 0 aliphatic carbocycles. The van der Waals surface area contributed by atoms with Crippen LogP contribution in [0.5, 0.6) is 0 Å². The van der Waals surface area contributed by atoms with E-state index in [4.69, 9.17) is 11.0 Å². The van der Waals surface area contributed by atoms with Gasteiger partial charge in [0.05, 0.1) is 17.4 Å². The van der Waals surface area contributed by atoms with Crippen molar-refractivity contribution >= 4 is 5.69 Å². The van der Waals surface area contributed by atoms with E-state index in [0.717, 1.165) is 31.6 Å². The van der Waals surface area contributed by atoms with Gasteiger partial charge in [0, 0.05) is 25.3 Å². The zero-order valence-electron chi connectivity index (χ0n) is 8.56. The fourth-order valence-corrected chi connectivity index (χ4v) is 1.91. The first kappa shape index (κ1) is 9.94. The monoisotopic (exact) mass is 202 g/mol. The van der Waals surface area contributed by atoms with Crippen LogP contribution >= 0.6 is 0 Å². The molecule has 1 aromatic rings. The number of aromatic nitrogens is 1. The van der Waals surface area contributed by atoms with Crippen LogP contribution in [0.4, 0.5) is 5.69 Å². The van der Waals surface area contributed by atoms with E-state index >= 15 is 0 Å². The quantitative estimate of drug-likeness (QED) is 0.734. The Morgan fingerprint density at radius 2 is 2.40 bits per heavy atom. The maximum atomic E-state index is 8.78. The molecule has 4 heteroatoms. The molecule has 1 saturated heterocycles. The Morgan fingerprint density at radius 3 is 3.13 bits per heavy atom. The molecule has 1 aliphatic rings. The van der Waals surface area contributed by atoms with Crippen LogP contribution in [0.1, 0.15) is 18.4 Å². The van der Waals surface area contributed by atoms with E-state index < -0.39 is 0 Å². The number of hydrogen-bond donors (Lipinski definition) is 1. The molecule has 1 fully saturated rings. The van der Waals surface area contributed by atoms with Gasteiger partial charge >= 0.3 is 0 Å². The standard InChI is InChI=1S/C11H14N4/c12-5-9-4-11(7-14-6-9)15-3-1-2-10(13)8-15/h4,6-7,10H,1-3,8,13H2/t10-/m0/s1. The molecule has 2 rings (SSSR count). The predicted molar refractivity (Wildman–Crippen MR) is 58.4 cm³/mol. The molecule has 1 aromatic heterocycles. The van der Waals surface area contributed by atoms with Gasteiger partial charge in [-0.2, -0.15) is 5.26 Å². The van der Waals surface area contributed by atoms with Crippen molar-refractivity contribution in [1.82, 2.24) is 4.98 Å². The van der Waals surface area contributed by atoms with Gasteiger partial charge < -0.3 is 10.6 Å². The second kappa shape index (κ2) is 4.28. The third-order valence-electron chi connectivity index (χ3n) is 2.68. The highest BCUT2D eigenvalue weighted by molar-refractivity contribution is 5.49. The van der Waals surface area contributed by atoms with Crippen molar-refractivity contribution in [3.05, 3.63) is 24.0 Å². The van der Waals surface area contributed by atoms with E-state index in [2.05, 4.69) is 16.0 Å². The Bertz CT molecular complexity index is 382. The lowest BCUT2D eigenvalue weighted by Crippen LogP contribution is -2.42. The lowest BCUT2D eigenvalue weighted by molar-refractivity contribution is 0.506. The van der Waals surface area contributed by atoms with Gasteiger partial charge in [-0.3, -0.25) is 4.98 Å². The van der Waals surface area contributed by atoms with Crippen molar-refractivity contribution in [3.8, 4) is 6.07 Å². The van der Waals surface area contributed by atoms with Crippen LogP contribution in [-0.2, 0) is 0 Å². The molecule has 0 spiro atoms. The SMILES string of the molecule is N#Cc1cncc(N2CCC[C@H](N)C2)c1. The summed E-state index contributed by atoms with van der Waals surface area (Å²) in [6, 6.07) is 4.20. The molecule has 0 aromatic carbocycles. The second-order valence-electron chi connectivity index (χ2n) is 3.89. The van der Waals surface area contributed by atoms with Crippen LogP contribution in [0.15, 0.2) is 18.5 Å². The largest absolute Gasteiger partial charge is 0.369 e. The molecule has 2 heterocycles. The Hall–Kier alpha value is -1.60. The summed E-state index contributed by atoms with van der Waals surface area (Å²) in [5, 5.41) is 8.78. The molecule has 1 atom stereocenters. The Labute approximate surface area is 89.3 Å². The summed E-state index contributed by atoms with van der Waals surface area (Å²) in [6.45, 7) is 1.86. The highest BCUT2D eigenvalue weighted by Gasteiger charge is 2.17. The number of nitrogens with zero attached hydrogens (tertiary/aromatic N) is 3. The smallest absolute Gasteiger partial charge is 0.101 e. The van der Waals surface area contributed by atoms with Crippen molar-refractivity contribution < 1.29 is 0 Å². The van der Waals surface area contributed by atoms with Gasteiger partial charge in [0.2, 0.25) is 0 Å². The number of nitrogens with two attached hydrogens (primary N) is 1. The third kappa shape index (κ3) is 2.25. The number of piperidine rings is 1. The zero-order chi connectivity index (χ0) is 10.7.